The summed E-state index contributed by atoms with van der Waals surface area (Å²) in [6, 6.07) is 11.5. The summed E-state index contributed by atoms with van der Waals surface area (Å²) < 4.78 is 11.2. The topological polar surface area (TPSA) is 57.4 Å². The molecule has 116 valence electrons. The molecule has 0 fully saturated rings. The van der Waals surface area contributed by atoms with E-state index in [-0.39, 0.29) is 12.1 Å². The Bertz CT molecular complexity index is 602. The van der Waals surface area contributed by atoms with Gasteiger partial charge in [-0.05, 0) is 44.5 Å². The van der Waals surface area contributed by atoms with Crippen LogP contribution in [-0.2, 0) is 0 Å². The molecule has 1 atom stereocenters. The number of pyridine rings is 1. The molecular formula is C18H22N2O2. The van der Waals surface area contributed by atoms with Crippen LogP contribution in [0.15, 0.2) is 48.7 Å². The standard InChI is InChI=1S/C18H22N2O2/c1-13(2)21-18-11-10-17(12-20-18)22-16-8-6-15(7-9-16)5-4-14(3)19/h4-14H,19H2,1-3H3. The van der Waals surface area contributed by atoms with Crippen molar-refractivity contribution in [1.29, 1.82) is 0 Å². The highest BCUT2D eigenvalue weighted by Crippen LogP contribution is 2.23. The average molecular weight is 298 g/mol. The number of rotatable bonds is 6. The molecule has 1 heterocycles. The van der Waals surface area contributed by atoms with Crippen LogP contribution < -0.4 is 15.2 Å². The van der Waals surface area contributed by atoms with Gasteiger partial charge in [0.1, 0.15) is 11.5 Å². The van der Waals surface area contributed by atoms with Crippen LogP contribution in [0.5, 0.6) is 17.4 Å². The lowest BCUT2D eigenvalue weighted by atomic mass is 10.2. The van der Waals surface area contributed by atoms with Crippen molar-refractivity contribution in [2.24, 2.45) is 5.73 Å². The van der Waals surface area contributed by atoms with E-state index in [1.165, 1.54) is 0 Å². The van der Waals surface area contributed by atoms with Crippen molar-refractivity contribution < 1.29 is 9.47 Å². The second-order valence-corrected chi connectivity index (χ2v) is 5.39. The van der Waals surface area contributed by atoms with Gasteiger partial charge in [-0.1, -0.05) is 24.3 Å². The maximum Gasteiger partial charge on any atom is 0.213 e. The maximum absolute atomic E-state index is 5.75. The molecule has 0 aliphatic rings. The summed E-state index contributed by atoms with van der Waals surface area (Å²) in [4.78, 5) is 4.21. The highest BCUT2D eigenvalue weighted by Gasteiger charge is 2.01. The Morgan fingerprint density at radius 2 is 1.68 bits per heavy atom. The number of ether oxygens (including phenoxy) is 2. The predicted octanol–water partition coefficient (Wildman–Crippen LogP) is 4.02. The number of benzene rings is 1. The van der Waals surface area contributed by atoms with Crippen molar-refractivity contribution in [3.05, 3.63) is 54.2 Å². The fourth-order valence-corrected chi connectivity index (χ4v) is 1.78. The monoisotopic (exact) mass is 298 g/mol. The van der Waals surface area contributed by atoms with Crippen molar-refractivity contribution >= 4 is 6.08 Å². The molecule has 2 aromatic rings. The molecule has 4 heteroatoms. The number of nitrogens with two attached hydrogens (primary N) is 1. The van der Waals surface area contributed by atoms with Crippen molar-refractivity contribution in [2.75, 3.05) is 0 Å². The molecule has 0 aliphatic carbocycles. The molecular weight excluding hydrogens is 276 g/mol. The predicted molar refractivity (Wildman–Crippen MR) is 89.2 cm³/mol. The first-order valence-electron chi connectivity index (χ1n) is 7.37. The second kappa shape index (κ2) is 7.61. The lowest BCUT2D eigenvalue weighted by Gasteiger charge is -2.09. The number of nitrogens with zero attached hydrogens (tertiary/aromatic N) is 1. The summed E-state index contributed by atoms with van der Waals surface area (Å²) in [6.07, 6.45) is 5.71. The van der Waals surface area contributed by atoms with Crippen molar-refractivity contribution in [2.45, 2.75) is 32.9 Å². The van der Waals surface area contributed by atoms with Gasteiger partial charge in [-0.2, -0.15) is 0 Å². The summed E-state index contributed by atoms with van der Waals surface area (Å²) in [5.41, 5.74) is 6.77. The molecule has 0 saturated carbocycles. The lowest BCUT2D eigenvalue weighted by molar-refractivity contribution is 0.232. The molecule has 0 bridgehead atoms. The van der Waals surface area contributed by atoms with E-state index in [1.807, 2.05) is 63.3 Å². The highest BCUT2D eigenvalue weighted by atomic mass is 16.5. The second-order valence-electron chi connectivity index (χ2n) is 5.39. The molecule has 2 rings (SSSR count). The first-order valence-corrected chi connectivity index (χ1v) is 7.37. The van der Waals surface area contributed by atoms with Gasteiger partial charge in [0.25, 0.3) is 0 Å². The van der Waals surface area contributed by atoms with E-state index >= 15 is 0 Å². The molecule has 0 spiro atoms. The zero-order valence-corrected chi connectivity index (χ0v) is 13.2. The van der Waals surface area contributed by atoms with Crippen LogP contribution in [0.2, 0.25) is 0 Å². The summed E-state index contributed by atoms with van der Waals surface area (Å²) in [5.74, 6) is 2.03. The normalized spacial score (nSPS) is 12.6. The Labute approximate surface area is 131 Å². The van der Waals surface area contributed by atoms with E-state index < -0.39 is 0 Å². The quantitative estimate of drug-likeness (QED) is 0.875. The number of hydrogen-bond donors (Lipinski definition) is 1. The van der Waals surface area contributed by atoms with Gasteiger partial charge in [-0.25, -0.2) is 4.98 Å². The van der Waals surface area contributed by atoms with E-state index in [0.29, 0.717) is 11.6 Å². The van der Waals surface area contributed by atoms with Gasteiger partial charge in [-0.15, -0.1) is 0 Å². The van der Waals surface area contributed by atoms with Crippen molar-refractivity contribution in [1.82, 2.24) is 4.98 Å². The van der Waals surface area contributed by atoms with Gasteiger partial charge in [0.2, 0.25) is 5.88 Å². The van der Waals surface area contributed by atoms with Crippen LogP contribution >= 0.6 is 0 Å². The lowest BCUT2D eigenvalue weighted by Crippen LogP contribution is -2.09. The minimum Gasteiger partial charge on any atom is -0.475 e. The van der Waals surface area contributed by atoms with Crippen molar-refractivity contribution in [3.63, 3.8) is 0 Å². The average Bonchev–Trinajstić information content (AvgIpc) is 2.48. The Balaban J connectivity index is 1.98. The first-order chi connectivity index (χ1) is 10.5. The minimum atomic E-state index is 0.0496. The van der Waals surface area contributed by atoms with Gasteiger partial charge in [0, 0.05) is 12.1 Å². The molecule has 1 unspecified atom stereocenters. The largest absolute Gasteiger partial charge is 0.475 e. The van der Waals surface area contributed by atoms with E-state index in [0.717, 1.165) is 11.3 Å². The Morgan fingerprint density at radius 3 is 2.23 bits per heavy atom. The van der Waals surface area contributed by atoms with E-state index in [4.69, 9.17) is 15.2 Å². The Kier molecular flexibility index (Phi) is 5.55. The van der Waals surface area contributed by atoms with Gasteiger partial charge in [0.05, 0.1) is 12.3 Å². The summed E-state index contributed by atoms with van der Waals surface area (Å²) in [5, 5.41) is 0. The Hall–Kier alpha value is -2.33. The van der Waals surface area contributed by atoms with E-state index in [9.17, 15) is 0 Å². The van der Waals surface area contributed by atoms with Crippen LogP contribution in [0.4, 0.5) is 0 Å². The molecule has 1 aromatic carbocycles. The summed E-state index contributed by atoms with van der Waals surface area (Å²) in [7, 11) is 0. The fraction of sp³-hybridized carbons (Fsp3) is 0.278. The molecule has 2 N–H and O–H groups in total. The molecule has 4 nitrogen and oxygen atoms in total. The fourth-order valence-electron chi connectivity index (χ4n) is 1.78. The highest BCUT2D eigenvalue weighted by molar-refractivity contribution is 5.51. The minimum absolute atomic E-state index is 0.0496. The summed E-state index contributed by atoms with van der Waals surface area (Å²) in [6.45, 7) is 5.87. The first kappa shape index (κ1) is 16.0. The van der Waals surface area contributed by atoms with Gasteiger partial charge >= 0.3 is 0 Å². The van der Waals surface area contributed by atoms with Crippen LogP contribution in [0.1, 0.15) is 26.3 Å². The molecule has 0 radical (unpaired) electrons. The molecule has 1 aromatic heterocycles. The van der Waals surface area contributed by atoms with Gasteiger partial charge in [0.15, 0.2) is 0 Å². The van der Waals surface area contributed by atoms with Gasteiger partial charge < -0.3 is 15.2 Å². The molecule has 0 saturated heterocycles. The van der Waals surface area contributed by atoms with E-state index in [1.54, 1.807) is 12.3 Å². The molecule has 0 amide bonds. The summed E-state index contributed by atoms with van der Waals surface area (Å²) >= 11 is 0. The van der Waals surface area contributed by atoms with E-state index in [2.05, 4.69) is 4.98 Å². The zero-order chi connectivity index (χ0) is 15.9. The third kappa shape index (κ3) is 5.22. The Morgan fingerprint density at radius 1 is 1.00 bits per heavy atom. The van der Waals surface area contributed by atoms with Crippen LogP contribution in [0, 0.1) is 0 Å². The van der Waals surface area contributed by atoms with Crippen LogP contribution in [0.3, 0.4) is 0 Å². The SMILES string of the molecule is CC(N)C=Cc1ccc(Oc2ccc(OC(C)C)nc2)cc1. The zero-order valence-electron chi connectivity index (χ0n) is 13.2. The third-order valence-electron chi connectivity index (χ3n) is 2.77. The van der Waals surface area contributed by atoms with Crippen LogP contribution in [-0.4, -0.2) is 17.1 Å². The van der Waals surface area contributed by atoms with Gasteiger partial charge in [-0.3, -0.25) is 0 Å². The van der Waals surface area contributed by atoms with Crippen LogP contribution in [0.25, 0.3) is 6.08 Å². The van der Waals surface area contributed by atoms with Crippen molar-refractivity contribution in [3.8, 4) is 17.4 Å². The molecule has 0 aliphatic heterocycles. The molecule has 22 heavy (non-hydrogen) atoms. The third-order valence-corrected chi connectivity index (χ3v) is 2.77. The maximum atomic E-state index is 5.75. The number of aromatic nitrogens is 1. The number of hydrogen-bond acceptors (Lipinski definition) is 4. The smallest absolute Gasteiger partial charge is 0.213 e.